The Hall–Kier alpha value is -2.07. The maximum Gasteiger partial charge on any atom is 0.220 e. The molecule has 4 nitrogen and oxygen atoms in total. The van der Waals surface area contributed by atoms with Gasteiger partial charge in [0.1, 0.15) is 5.75 Å². The average molecular weight is 287 g/mol. The van der Waals surface area contributed by atoms with Crippen molar-refractivity contribution in [2.75, 3.05) is 13.7 Å². The first kappa shape index (κ1) is 15.3. The monoisotopic (exact) mass is 287 g/mol. The molecule has 0 spiro atoms. The molecule has 0 saturated carbocycles. The van der Waals surface area contributed by atoms with Gasteiger partial charge in [0, 0.05) is 19.6 Å². The van der Waals surface area contributed by atoms with Crippen molar-refractivity contribution < 1.29 is 14.6 Å². The number of hydrogen-bond donors (Lipinski definition) is 2. The third-order valence-corrected chi connectivity index (χ3v) is 3.41. The predicted octanol–water partition coefficient (Wildman–Crippen LogP) is 2.63. The molecule has 4 heteroatoms. The molecule has 0 aliphatic carbocycles. The van der Waals surface area contributed by atoms with Crippen molar-refractivity contribution in [1.82, 2.24) is 5.32 Å². The molecule has 0 fully saturated rings. The minimum atomic E-state index is 0.0262. The minimum Gasteiger partial charge on any atom is -0.497 e. The van der Waals surface area contributed by atoms with E-state index in [-0.39, 0.29) is 12.5 Å². The van der Waals surface area contributed by atoms with E-state index in [1.807, 2.05) is 30.3 Å². The SMILES string of the molecule is COc1ccc2cc(CNC(=O)CCCCO)ccc2c1. The van der Waals surface area contributed by atoms with Gasteiger partial charge in [0.15, 0.2) is 0 Å². The van der Waals surface area contributed by atoms with E-state index in [2.05, 4.69) is 11.4 Å². The highest BCUT2D eigenvalue weighted by molar-refractivity contribution is 5.84. The number of amides is 1. The van der Waals surface area contributed by atoms with Crippen LogP contribution in [-0.2, 0) is 11.3 Å². The van der Waals surface area contributed by atoms with Crippen LogP contribution in [0.5, 0.6) is 5.75 Å². The maximum atomic E-state index is 11.6. The summed E-state index contributed by atoms with van der Waals surface area (Å²) in [5.74, 6) is 0.866. The van der Waals surface area contributed by atoms with Crippen LogP contribution in [0.3, 0.4) is 0 Å². The molecule has 2 N–H and O–H groups in total. The molecule has 0 unspecified atom stereocenters. The molecule has 2 rings (SSSR count). The number of hydrogen-bond acceptors (Lipinski definition) is 3. The fraction of sp³-hybridized carbons (Fsp3) is 0.353. The van der Waals surface area contributed by atoms with Gasteiger partial charge >= 0.3 is 0 Å². The van der Waals surface area contributed by atoms with Crippen LogP contribution in [0.1, 0.15) is 24.8 Å². The normalized spacial score (nSPS) is 10.6. The van der Waals surface area contributed by atoms with Crippen LogP contribution in [-0.4, -0.2) is 24.7 Å². The number of carbonyl (C=O) groups excluding carboxylic acids is 1. The van der Waals surface area contributed by atoms with Crippen LogP contribution in [0.4, 0.5) is 0 Å². The molecule has 0 saturated heterocycles. The van der Waals surface area contributed by atoms with Crippen LogP contribution in [0.25, 0.3) is 10.8 Å². The molecule has 0 atom stereocenters. The standard InChI is InChI=1S/C17H21NO3/c1-21-16-8-7-14-10-13(5-6-15(14)11-16)12-18-17(20)4-2-3-9-19/h5-8,10-11,19H,2-4,9,12H2,1H3,(H,18,20). The van der Waals surface area contributed by atoms with Gasteiger partial charge in [-0.25, -0.2) is 0 Å². The number of aliphatic hydroxyl groups is 1. The Morgan fingerprint density at radius 1 is 1.14 bits per heavy atom. The first-order chi connectivity index (χ1) is 10.2. The molecular weight excluding hydrogens is 266 g/mol. The number of benzene rings is 2. The summed E-state index contributed by atoms with van der Waals surface area (Å²) in [6.45, 7) is 0.668. The van der Waals surface area contributed by atoms with Crippen molar-refractivity contribution in [2.45, 2.75) is 25.8 Å². The van der Waals surface area contributed by atoms with Crippen molar-refractivity contribution >= 4 is 16.7 Å². The molecule has 0 aromatic heterocycles. The van der Waals surface area contributed by atoms with Gasteiger partial charge in [-0.15, -0.1) is 0 Å². The second-order valence-electron chi connectivity index (χ2n) is 5.00. The van der Waals surface area contributed by atoms with Crippen molar-refractivity contribution in [3.8, 4) is 5.75 Å². The highest BCUT2D eigenvalue weighted by atomic mass is 16.5. The highest BCUT2D eigenvalue weighted by Gasteiger charge is 2.02. The van der Waals surface area contributed by atoms with E-state index in [4.69, 9.17) is 9.84 Å². The Morgan fingerprint density at radius 3 is 2.67 bits per heavy atom. The van der Waals surface area contributed by atoms with Gasteiger partial charge in [0.25, 0.3) is 0 Å². The van der Waals surface area contributed by atoms with Crippen LogP contribution in [0.2, 0.25) is 0 Å². The summed E-state index contributed by atoms with van der Waals surface area (Å²) >= 11 is 0. The lowest BCUT2D eigenvalue weighted by Crippen LogP contribution is -2.22. The number of ether oxygens (including phenoxy) is 1. The Morgan fingerprint density at radius 2 is 1.90 bits per heavy atom. The predicted molar refractivity (Wildman–Crippen MR) is 83.3 cm³/mol. The van der Waals surface area contributed by atoms with Crippen LogP contribution < -0.4 is 10.1 Å². The lowest BCUT2D eigenvalue weighted by atomic mass is 10.1. The Balaban J connectivity index is 1.95. The number of nitrogens with one attached hydrogen (secondary N) is 1. The minimum absolute atomic E-state index is 0.0262. The number of carbonyl (C=O) groups is 1. The second kappa shape index (κ2) is 7.64. The van der Waals surface area contributed by atoms with Gasteiger partial charge in [0.05, 0.1) is 7.11 Å². The number of rotatable bonds is 7. The van der Waals surface area contributed by atoms with E-state index in [0.717, 1.165) is 28.5 Å². The molecule has 0 aliphatic rings. The second-order valence-corrected chi connectivity index (χ2v) is 5.00. The summed E-state index contributed by atoms with van der Waals surface area (Å²) in [4.78, 5) is 11.6. The molecule has 2 aromatic carbocycles. The zero-order chi connectivity index (χ0) is 15.1. The molecule has 112 valence electrons. The van der Waals surface area contributed by atoms with Gasteiger partial charge in [-0.3, -0.25) is 4.79 Å². The van der Waals surface area contributed by atoms with Crippen molar-refractivity contribution in [2.24, 2.45) is 0 Å². The van der Waals surface area contributed by atoms with Crippen LogP contribution >= 0.6 is 0 Å². The van der Waals surface area contributed by atoms with Gasteiger partial charge in [0.2, 0.25) is 5.91 Å². The first-order valence-electron chi connectivity index (χ1n) is 7.17. The zero-order valence-corrected chi connectivity index (χ0v) is 12.3. The molecule has 21 heavy (non-hydrogen) atoms. The summed E-state index contributed by atoms with van der Waals surface area (Å²) in [6.07, 6.45) is 1.86. The molecule has 0 radical (unpaired) electrons. The first-order valence-corrected chi connectivity index (χ1v) is 7.17. The quantitative estimate of drug-likeness (QED) is 0.770. The fourth-order valence-corrected chi connectivity index (χ4v) is 2.20. The van der Waals surface area contributed by atoms with E-state index in [1.54, 1.807) is 7.11 Å². The Kier molecular flexibility index (Phi) is 5.58. The number of unbranched alkanes of at least 4 members (excludes halogenated alkanes) is 1. The molecule has 1 amide bonds. The average Bonchev–Trinajstić information content (AvgIpc) is 2.52. The fourth-order valence-electron chi connectivity index (χ4n) is 2.20. The van der Waals surface area contributed by atoms with Crippen LogP contribution in [0, 0.1) is 0 Å². The van der Waals surface area contributed by atoms with Crippen molar-refractivity contribution in [3.05, 3.63) is 42.0 Å². The van der Waals surface area contributed by atoms with Crippen molar-refractivity contribution in [3.63, 3.8) is 0 Å². The zero-order valence-electron chi connectivity index (χ0n) is 12.3. The smallest absolute Gasteiger partial charge is 0.220 e. The number of aliphatic hydroxyl groups excluding tert-OH is 1. The summed E-state index contributed by atoms with van der Waals surface area (Å²) < 4.78 is 5.20. The Bertz CT molecular complexity index is 610. The lowest BCUT2D eigenvalue weighted by molar-refractivity contribution is -0.121. The molecule has 0 aliphatic heterocycles. The summed E-state index contributed by atoms with van der Waals surface area (Å²) in [5.41, 5.74) is 1.07. The Labute approximate surface area is 124 Å². The number of fused-ring (bicyclic) bond motifs is 1. The van der Waals surface area contributed by atoms with E-state index >= 15 is 0 Å². The van der Waals surface area contributed by atoms with E-state index in [1.165, 1.54) is 0 Å². The van der Waals surface area contributed by atoms with E-state index < -0.39 is 0 Å². The summed E-state index contributed by atoms with van der Waals surface area (Å²) in [5, 5.41) is 13.8. The van der Waals surface area contributed by atoms with Gasteiger partial charge in [-0.05, 0) is 47.4 Å². The van der Waals surface area contributed by atoms with Gasteiger partial charge < -0.3 is 15.2 Å². The molecule has 2 aromatic rings. The topological polar surface area (TPSA) is 58.6 Å². The molecule has 0 bridgehead atoms. The third kappa shape index (κ3) is 4.46. The molecule has 0 heterocycles. The largest absolute Gasteiger partial charge is 0.497 e. The van der Waals surface area contributed by atoms with E-state index in [9.17, 15) is 4.79 Å². The van der Waals surface area contributed by atoms with E-state index in [0.29, 0.717) is 19.4 Å². The lowest BCUT2D eigenvalue weighted by Gasteiger charge is -2.07. The van der Waals surface area contributed by atoms with Gasteiger partial charge in [-0.1, -0.05) is 18.2 Å². The number of methoxy groups -OCH3 is 1. The molecular formula is C17H21NO3. The van der Waals surface area contributed by atoms with Gasteiger partial charge in [-0.2, -0.15) is 0 Å². The maximum absolute atomic E-state index is 11.6. The summed E-state index contributed by atoms with van der Waals surface area (Å²) in [7, 11) is 1.65. The van der Waals surface area contributed by atoms with Crippen LogP contribution in [0.15, 0.2) is 36.4 Å². The summed E-state index contributed by atoms with van der Waals surface area (Å²) in [6, 6.07) is 12.1. The third-order valence-electron chi connectivity index (χ3n) is 3.41. The highest BCUT2D eigenvalue weighted by Crippen LogP contribution is 2.21. The van der Waals surface area contributed by atoms with Crippen molar-refractivity contribution in [1.29, 1.82) is 0 Å².